The number of piperidine rings is 1. The Morgan fingerprint density at radius 3 is 2.57 bits per heavy atom. The van der Waals surface area contributed by atoms with E-state index in [0.717, 1.165) is 19.6 Å². The van der Waals surface area contributed by atoms with Crippen LogP contribution in [0.15, 0.2) is 29.2 Å². The highest BCUT2D eigenvalue weighted by Gasteiger charge is 2.19. The van der Waals surface area contributed by atoms with Crippen molar-refractivity contribution in [3.63, 3.8) is 0 Å². The van der Waals surface area contributed by atoms with Gasteiger partial charge in [0.05, 0.1) is 4.90 Å². The molecule has 1 aromatic rings. The lowest BCUT2D eigenvalue weighted by atomic mass is 10.1. The quantitative estimate of drug-likeness (QED) is 0.765. The van der Waals surface area contributed by atoms with Gasteiger partial charge in [-0.25, -0.2) is 13.1 Å². The number of hydrogen-bond donors (Lipinski definition) is 2. The minimum atomic E-state index is -3.58. The summed E-state index contributed by atoms with van der Waals surface area (Å²) in [4.78, 5) is 2.52. The summed E-state index contributed by atoms with van der Waals surface area (Å²) in [6.07, 6.45) is 3.65. The maximum absolute atomic E-state index is 12.4. The first-order valence-electron chi connectivity index (χ1n) is 7.11. The number of rotatable bonds is 6. The first-order chi connectivity index (χ1) is 10.0. The van der Waals surface area contributed by atoms with Crippen molar-refractivity contribution < 1.29 is 8.42 Å². The molecule has 0 aliphatic carbocycles. The molecule has 0 bridgehead atoms. The van der Waals surface area contributed by atoms with E-state index < -0.39 is 10.0 Å². The molecule has 1 aliphatic heterocycles. The van der Waals surface area contributed by atoms with Gasteiger partial charge in [-0.3, -0.25) is 0 Å². The average molecular weight is 327 g/mol. The highest BCUT2D eigenvalue weighted by molar-refractivity contribution is 7.89. The summed E-state index contributed by atoms with van der Waals surface area (Å²) in [7, 11) is -3.58. The van der Waals surface area contributed by atoms with E-state index in [1.54, 1.807) is 18.2 Å². The van der Waals surface area contributed by atoms with Crippen LogP contribution in [0.1, 0.15) is 24.8 Å². The van der Waals surface area contributed by atoms with Crippen LogP contribution in [0.4, 0.5) is 0 Å². The van der Waals surface area contributed by atoms with Crippen molar-refractivity contribution in [1.82, 2.24) is 9.62 Å². The number of nitrogens with one attached hydrogen (secondary N) is 1. The zero-order valence-corrected chi connectivity index (χ0v) is 13.5. The molecule has 2 rings (SSSR count). The number of hydrogen-bond acceptors (Lipinski definition) is 4. The maximum Gasteiger partial charge on any atom is 0.241 e. The van der Waals surface area contributed by atoms with E-state index in [-0.39, 0.29) is 9.88 Å². The second-order valence-electron chi connectivity index (χ2n) is 5.16. The minimum absolute atomic E-state index is 0.0898. The molecule has 0 spiro atoms. The van der Waals surface area contributed by atoms with E-state index in [9.17, 15) is 8.42 Å². The van der Waals surface area contributed by atoms with E-state index in [1.165, 1.54) is 25.3 Å². The van der Waals surface area contributed by atoms with E-state index in [2.05, 4.69) is 9.62 Å². The highest BCUT2D eigenvalue weighted by Crippen LogP contribution is 2.15. The van der Waals surface area contributed by atoms with Crippen molar-refractivity contribution >= 4 is 27.2 Å². The number of sulfonamides is 1. The summed E-state index contributed by atoms with van der Waals surface area (Å²) >= 11 is 4.91. The van der Waals surface area contributed by atoms with Crippen molar-refractivity contribution in [2.24, 2.45) is 5.73 Å². The smallest absolute Gasteiger partial charge is 0.241 e. The molecule has 116 valence electrons. The van der Waals surface area contributed by atoms with E-state index in [4.69, 9.17) is 18.0 Å². The Labute approximate surface area is 131 Å². The van der Waals surface area contributed by atoms with Crippen molar-refractivity contribution in [1.29, 1.82) is 0 Å². The normalized spacial score (nSPS) is 16.8. The van der Waals surface area contributed by atoms with Crippen molar-refractivity contribution in [2.75, 3.05) is 26.2 Å². The van der Waals surface area contributed by atoms with Gasteiger partial charge in [0.2, 0.25) is 10.0 Å². The first-order valence-corrected chi connectivity index (χ1v) is 9.01. The van der Waals surface area contributed by atoms with Gasteiger partial charge in [0, 0.05) is 18.7 Å². The lowest BCUT2D eigenvalue weighted by Crippen LogP contribution is -2.38. The van der Waals surface area contributed by atoms with Crippen molar-refractivity contribution in [2.45, 2.75) is 24.2 Å². The average Bonchev–Trinajstić information content (AvgIpc) is 2.48. The fourth-order valence-corrected chi connectivity index (χ4v) is 3.99. The lowest BCUT2D eigenvalue weighted by Gasteiger charge is -2.26. The van der Waals surface area contributed by atoms with Crippen LogP contribution < -0.4 is 10.5 Å². The summed E-state index contributed by atoms with van der Waals surface area (Å²) in [6.45, 7) is 3.22. The predicted molar refractivity (Wildman–Crippen MR) is 87.8 cm³/mol. The van der Waals surface area contributed by atoms with Crippen LogP contribution in [0.3, 0.4) is 0 Å². The summed E-state index contributed by atoms with van der Waals surface area (Å²) in [5.74, 6) is 0. The van der Waals surface area contributed by atoms with Crippen LogP contribution in [-0.2, 0) is 10.0 Å². The van der Waals surface area contributed by atoms with Gasteiger partial charge in [-0.2, -0.15) is 0 Å². The van der Waals surface area contributed by atoms with Crippen LogP contribution >= 0.6 is 12.2 Å². The molecule has 5 nitrogen and oxygen atoms in total. The molecule has 7 heteroatoms. The van der Waals surface area contributed by atoms with Gasteiger partial charge in [0.15, 0.2) is 0 Å². The molecule has 0 unspecified atom stereocenters. The zero-order chi connectivity index (χ0) is 15.3. The predicted octanol–water partition coefficient (Wildman–Crippen LogP) is 1.08. The highest BCUT2D eigenvalue weighted by atomic mass is 32.2. The number of likely N-dealkylation sites (tertiary alicyclic amines) is 1. The Morgan fingerprint density at radius 1 is 1.24 bits per heavy atom. The Kier molecular flexibility index (Phi) is 5.69. The Hall–Kier alpha value is -1.02. The van der Waals surface area contributed by atoms with Crippen LogP contribution in [0, 0.1) is 0 Å². The summed E-state index contributed by atoms with van der Waals surface area (Å²) in [5.41, 5.74) is 5.97. The Morgan fingerprint density at radius 2 is 1.90 bits per heavy atom. The fourth-order valence-electron chi connectivity index (χ4n) is 2.50. The molecule has 0 saturated carbocycles. The van der Waals surface area contributed by atoms with E-state index >= 15 is 0 Å². The maximum atomic E-state index is 12.4. The minimum Gasteiger partial charge on any atom is -0.389 e. The monoisotopic (exact) mass is 327 g/mol. The fraction of sp³-hybridized carbons (Fsp3) is 0.500. The molecular weight excluding hydrogens is 306 g/mol. The number of thiocarbonyl (C=S) groups is 1. The van der Waals surface area contributed by atoms with Crippen LogP contribution in [0.5, 0.6) is 0 Å². The number of nitrogens with zero attached hydrogens (tertiary/aromatic N) is 1. The topological polar surface area (TPSA) is 75.4 Å². The van der Waals surface area contributed by atoms with Gasteiger partial charge < -0.3 is 10.6 Å². The van der Waals surface area contributed by atoms with Gasteiger partial charge >= 0.3 is 0 Å². The molecule has 3 N–H and O–H groups in total. The number of benzene rings is 1. The van der Waals surface area contributed by atoms with E-state index in [1.807, 2.05) is 0 Å². The van der Waals surface area contributed by atoms with Crippen LogP contribution in [-0.4, -0.2) is 44.5 Å². The molecule has 1 fully saturated rings. The van der Waals surface area contributed by atoms with Crippen LogP contribution in [0.2, 0.25) is 0 Å². The molecule has 21 heavy (non-hydrogen) atoms. The third-order valence-electron chi connectivity index (χ3n) is 3.61. The van der Waals surface area contributed by atoms with Gasteiger partial charge in [0.1, 0.15) is 4.99 Å². The molecule has 1 saturated heterocycles. The molecule has 0 radical (unpaired) electrons. The van der Waals surface area contributed by atoms with Crippen molar-refractivity contribution in [3.05, 3.63) is 29.8 Å². The SMILES string of the molecule is NC(=S)c1ccccc1S(=O)(=O)NCCN1CCCCC1. The Balaban J connectivity index is 2.00. The van der Waals surface area contributed by atoms with E-state index in [0.29, 0.717) is 12.1 Å². The van der Waals surface area contributed by atoms with Gasteiger partial charge in [-0.15, -0.1) is 0 Å². The molecular formula is C14H21N3O2S2. The summed E-state index contributed by atoms with van der Waals surface area (Å²) in [5, 5.41) is 0. The Bertz CT molecular complexity index is 596. The zero-order valence-electron chi connectivity index (χ0n) is 11.9. The van der Waals surface area contributed by atoms with Gasteiger partial charge in [-0.1, -0.05) is 36.8 Å². The molecule has 0 amide bonds. The lowest BCUT2D eigenvalue weighted by molar-refractivity contribution is 0.233. The third-order valence-corrected chi connectivity index (χ3v) is 5.35. The first kappa shape index (κ1) is 16.4. The standard InChI is InChI=1S/C14H21N3O2S2/c15-14(20)12-6-2-3-7-13(12)21(18,19)16-8-11-17-9-4-1-5-10-17/h2-3,6-7,16H,1,4-5,8-11H2,(H2,15,20). The van der Waals surface area contributed by atoms with Crippen LogP contribution in [0.25, 0.3) is 0 Å². The summed E-state index contributed by atoms with van der Waals surface area (Å²) < 4.78 is 27.3. The molecule has 1 aliphatic rings. The second kappa shape index (κ2) is 7.31. The molecule has 1 heterocycles. The second-order valence-corrected chi connectivity index (χ2v) is 7.34. The number of nitrogens with two attached hydrogens (primary N) is 1. The van der Waals surface area contributed by atoms with Gasteiger partial charge in [-0.05, 0) is 32.0 Å². The molecule has 0 aromatic heterocycles. The third kappa shape index (κ3) is 4.47. The molecule has 1 aromatic carbocycles. The van der Waals surface area contributed by atoms with Gasteiger partial charge in [0.25, 0.3) is 0 Å². The molecule has 0 atom stereocenters. The summed E-state index contributed by atoms with van der Waals surface area (Å²) in [6, 6.07) is 6.54. The van der Waals surface area contributed by atoms with Crippen molar-refractivity contribution in [3.8, 4) is 0 Å². The largest absolute Gasteiger partial charge is 0.389 e.